The third-order valence-corrected chi connectivity index (χ3v) is 5.43. The molecule has 2 aromatic carbocycles. The van der Waals surface area contributed by atoms with Gasteiger partial charge in [-0.1, -0.05) is 11.6 Å². The van der Waals surface area contributed by atoms with E-state index in [0.29, 0.717) is 5.02 Å². The SMILES string of the molecule is Clc1ccc2nc3cc(N4CCOCC4)c(N4CCOCC4)cc3nc2c1. The zero-order chi connectivity index (χ0) is 18.2. The Morgan fingerprint density at radius 2 is 1.15 bits per heavy atom. The number of aromatic nitrogens is 2. The lowest BCUT2D eigenvalue weighted by Gasteiger charge is -2.36. The first-order valence-electron chi connectivity index (χ1n) is 9.34. The third kappa shape index (κ3) is 3.29. The summed E-state index contributed by atoms with van der Waals surface area (Å²) in [6.45, 7) is 6.55. The quantitative estimate of drug-likeness (QED) is 0.633. The number of anilines is 2. The molecule has 0 radical (unpaired) electrons. The number of hydrogen-bond acceptors (Lipinski definition) is 6. The van der Waals surface area contributed by atoms with E-state index in [4.69, 9.17) is 31.0 Å². The minimum Gasteiger partial charge on any atom is -0.378 e. The average Bonchev–Trinajstić information content (AvgIpc) is 2.72. The van der Waals surface area contributed by atoms with E-state index in [1.54, 1.807) is 0 Å². The summed E-state index contributed by atoms with van der Waals surface area (Å²) in [6.07, 6.45) is 0. The van der Waals surface area contributed by atoms with Crippen LogP contribution in [0.3, 0.4) is 0 Å². The summed E-state index contributed by atoms with van der Waals surface area (Å²) in [6, 6.07) is 9.99. The number of nitrogens with zero attached hydrogens (tertiary/aromatic N) is 4. The van der Waals surface area contributed by atoms with Crippen molar-refractivity contribution in [3.05, 3.63) is 35.4 Å². The van der Waals surface area contributed by atoms with Gasteiger partial charge in [0.25, 0.3) is 0 Å². The van der Waals surface area contributed by atoms with Crippen molar-refractivity contribution < 1.29 is 9.47 Å². The molecule has 7 heteroatoms. The molecule has 2 aliphatic heterocycles. The maximum absolute atomic E-state index is 6.14. The lowest BCUT2D eigenvalue weighted by Crippen LogP contribution is -2.40. The standard InChI is InChI=1S/C20H21ClN4O2/c21-14-1-2-15-16(11-14)23-18-13-20(25-5-9-27-10-6-25)19(12-17(18)22-15)24-3-7-26-8-4-24/h1-2,11-13H,3-10H2. The Bertz CT molecular complexity index is 985. The molecule has 0 amide bonds. The van der Waals surface area contributed by atoms with Gasteiger partial charge in [0, 0.05) is 31.2 Å². The van der Waals surface area contributed by atoms with Crippen molar-refractivity contribution in [3.63, 3.8) is 0 Å². The molecule has 27 heavy (non-hydrogen) atoms. The highest BCUT2D eigenvalue weighted by atomic mass is 35.5. The predicted octanol–water partition coefficient (Wildman–Crippen LogP) is 3.11. The van der Waals surface area contributed by atoms with E-state index in [1.807, 2.05) is 18.2 Å². The van der Waals surface area contributed by atoms with E-state index in [0.717, 1.165) is 74.7 Å². The Labute approximate surface area is 162 Å². The van der Waals surface area contributed by atoms with Crippen LogP contribution in [-0.4, -0.2) is 62.6 Å². The molecule has 2 fully saturated rings. The maximum Gasteiger partial charge on any atom is 0.0916 e. The summed E-state index contributed by atoms with van der Waals surface area (Å²) >= 11 is 6.14. The van der Waals surface area contributed by atoms with Crippen molar-refractivity contribution in [2.75, 3.05) is 62.4 Å². The summed E-state index contributed by atoms with van der Waals surface area (Å²) < 4.78 is 11.1. The Morgan fingerprint density at radius 3 is 1.70 bits per heavy atom. The van der Waals surface area contributed by atoms with Gasteiger partial charge in [0.05, 0.1) is 59.9 Å². The van der Waals surface area contributed by atoms with Crippen molar-refractivity contribution in [3.8, 4) is 0 Å². The zero-order valence-corrected chi connectivity index (χ0v) is 15.8. The molecule has 3 heterocycles. The van der Waals surface area contributed by atoms with Crippen LogP contribution in [0.4, 0.5) is 11.4 Å². The van der Waals surface area contributed by atoms with Gasteiger partial charge in [-0.2, -0.15) is 0 Å². The Hall–Kier alpha value is -2.15. The van der Waals surface area contributed by atoms with Crippen LogP contribution in [0.15, 0.2) is 30.3 Å². The Kier molecular flexibility index (Phi) is 4.47. The van der Waals surface area contributed by atoms with Crippen molar-refractivity contribution in [1.82, 2.24) is 9.97 Å². The van der Waals surface area contributed by atoms with Gasteiger partial charge in [0.2, 0.25) is 0 Å². The van der Waals surface area contributed by atoms with Crippen LogP contribution in [-0.2, 0) is 9.47 Å². The van der Waals surface area contributed by atoms with Gasteiger partial charge < -0.3 is 19.3 Å². The second kappa shape index (κ2) is 7.11. The number of ether oxygens (including phenoxy) is 2. The Morgan fingerprint density at radius 1 is 0.667 bits per heavy atom. The average molecular weight is 385 g/mol. The highest BCUT2D eigenvalue weighted by Gasteiger charge is 2.22. The molecule has 0 atom stereocenters. The molecule has 0 saturated carbocycles. The van der Waals surface area contributed by atoms with Crippen molar-refractivity contribution in [2.24, 2.45) is 0 Å². The molecule has 0 spiro atoms. The number of benzene rings is 2. The molecular weight excluding hydrogens is 364 g/mol. The van der Waals surface area contributed by atoms with Gasteiger partial charge in [-0.25, -0.2) is 9.97 Å². The molecule has 0 aliphatic carbocycles. The lowest BCUT2D eigenvalue weighted by atomic mass is 10.1. The number of rotatable bonds is 2. The summed E-state index contributed by atoms with van der Waals surface area (Å²) in [4.78, 5) is 14.4. The molecule has 0 N–H and O–H groups in total. The molecule has 3 aromatic rings. The minimum atomic E-state index is 0.675. The van der Waals surface area contributed by atoms with Crippen LogP contribution in [0.2, 0.25) is 5.02 Å². The van der Waals surface area contributed by atoms with Gasteiger partial charge >= 0.3 is 0 Å². The van der Waals surface area contributed by atoms with E-state index in [-0.39, 0.29) is 0 Å². The van der Waals surface area contributed by atoms with Crippen LogP contribution < -0.4 is 9.80 Å². The molecule has 5 rings (SSSR count). The van der Waals surface area contributed by atoms with Gasteiger partial charge in [0.1, 0.15) is 0 Å². The fraction of sp³-hybridized carbons (Fsp3) is 0.400. The predicted molar refractivity (Wildman–Crippen MR) is 108 cm³/mol. The summed E-state index contributed by atoms with van der Waals surface area (Å²) in [7, 11) is 0. The summed E-state index contributed by atoms with van der Waals surface area (Å²) in [5, 5.41) is 0.675. The maximum atomic E-state index is 6.14. The van der Waals surface area contributed by atoms with E-state index in [1.165, 1.54) is 11.4 Å². The monoisotopic (exact) mass is 384 g/mol. The first-order chi connectivity index (χ1) is 13.3. The van der Waals surface area contributed by atoms with Crippen LogP contribution in [0, 0.1) is 0 Å². The second-order valence-corrected chi connectivity index (χ2v) is 7.32. The zero-order valence-electron chi connectivity index (χ0n) is 15.0. The van der Waals surface area contributed by atoms with Crippen LogP contribution >= 0.6 is 11.6 Å². The molecule has 6 nitrogen and oxygen atoms in total. The van der Waals surface area contributed by atoms with Crippen molar-refractivity contribution >= 4 is 45.0 Å². The van der Waals surface area contributed by atoms with E-state index in [2.05, 4.69) is 21.9 Å². The topological polar surface area (TPSA) is 50.7 Å². The van der Waals surface area contributed by atoms with E-state index in [9.17, 15) is 0 Å². The highest BCUT2D eigenvalue weighted by molar-refractivity contribution is 6.31. The lowest BCUT2D eigenvalue weighted by molar-refractivity contribution is 0.121. The molecule has 0 unspecified atom stereocenters. The van der Waals surface area contributed by atoms with Gasteiger partial charge in [-0.15, -0.1) is 0 Å². The summed E-state index contributed by atoms with van der Waals surface area (Å²) in [5.41, 5.74) is 5.88. The molecule has 140 valence electrons. The van der Waals surface area contributed by atoms with Crippen molar-refractivity contribution in [2.45, 2.75) is 0 Å². The molecule has 2 saturated heterocycles. The number of halogens is 1. The first kappa shape index (κ1) is 17.0. The minimum absolute atomic E-state index is 0.675. The normalized spacial score (nSPS) is 18.4. The molecule has 0 bridgehead atoms. The fourth-order valence-electron chi connectivity index (χ4n) is 3.79. The fourth-order valence-corrected chi connectivity index (χ4v) is 3.96. The van der Waals surface area contributed by atoms with Crippen LogP contribution in [0.5, 0.6) is 0 Å². The third-order valence-electron chi connectivity index (χ3n) is 5.19. The molecule has 2 aliphatic rings. The van der Waals surface area contributed by atoms with Gasteiger partial charge in [-0.05, 0) is 30.3 Å². The van der Waals surface area contributed by atoms with E-state index >= 15 is 0 Å². The van der Waals surface area contributed by atoms with Gasteiger partial charge in [-0.3, -0.25) is 0 Å². The largest absolute Gasteiger partial charge is 0.378 e. The molecular formula is C20H21ClN4O2. The van der Waals surface area contributed by atoms with Gasteiger partial charge in [0.15, 0.2) is 0 Å². The highest BCUT2D eigenvalue weighted by Crippen LogP contribution is 2.35. The van der Waals surface area contributed by atoms with Crippen LogP contribution in [0.1, 0.15) is 0 Å². The molecule has 1 aromatic heterocycles. The van der Waals surface area contributed by atoms with E-state index < -0.39 is 0 Å². The number of fused-ring (bicyclic) bond motifs is 2. The van der Waals surface area contributed by atoms with Crippen LogP contribution in [0.25, 0.3) is 22.1 Å². The summed E-state index contributed by atoms with van der Waals surface area (Å²) in [5.74, 6) is 0. The first-order valence-corrected chi connectivity index (χ1v) is 9.72. The smallest absolute Gasteiger partial charge is 0.0916 e. The second-order valence-electron chi connectivity index (χ2n) is 6.89. The van der Waals surface area contributed by atoms with Crippen molar-refractivity contribution in [1.29, 1.82) is 0 Å². The number of hydrogen-bond donors (Lipinski definition) is 0. The number of morpholine rings is 2. The Balaban J connectivity index is 1.68.